The second-order valence-corrected chi connectivity index (χ2v) is 6.89. The average Bonchev–Trinajstić information content (AvgIpc) is 3.19. The second-order valence-electron chi connectivity index (χ2n) is 6.89. The Kier molecular flexibility index (Phi) is 5.04. The van der Waals surface area contributed by atoms with Crippen LogP contribution in [0.3, 0.4) is 0 Å². The highest BCUT2D eigenvalue weighted by molar-refractivity contribution is 5.23. The van der Waals surface area contributed by atoms with Crippen LogP contribution in [0.15, 0.2) is 30.3 Å². The van der Waals surface area contributed by atoms with Crippen LogP contribution in [0.2, 0.25) is 0 Å². The van der Waals surface area contributed by atoms with Crippen LogP contribution in [0.1, 0.15) is 58.4 Å². The lowest BCUT2D eigenvalue weighted by molar-refractivity contribution is 0.385. The van der Waals surface area contributed by atoms with Gasteiger partial charge in [0.25, 0.3) is 0 Å². The molecule has 0 aromatic heterocycles. The molecule has 1 aromatic rings. The Morgan fingerprint density at radius 1 is 1.21 bits per heavy atom. The summed E-state index contributed by atoms with van der Waals surface area (Å²) in [5.74, 6) is 1.07. The maximum Gasteiger partial charge on any atom is 0.00470 e. The van der Waals surface area contributed by atoms with E-state index >= 15 is 0 Å². The van der Waals surface area contributed by atoms with Crippen molar-refractivity contribution in [2.45, 2.75) is 64.3 Å². The van der Waals surface area contributed by atoms with Crippen molar-refractivity contribution in [3.63, 3.8) is 0 Å². The Hall–Kier alpha value is -0.820. The van der Waals surface area contributed by atoms with Crippen LogP contribution in [0.25, 0.3) is 0 Å². The van der Waals surface area contributed by atoms with E-state index in [2.05, 4.69) is 56.4 Å². The second kappa shape index (κ2) is 6.56. The molecule has 1 aliphatic rings. The Labute approximate surface area is 118 Å². The van der Waals surface area contributed by atoms with Gasteiger partial charge in [-0.05, 0) is 49.6 Å². The minimum Gasteiger partial charge on any atom is -0.314 e. The largest absolute Gasteiger partial charge is 0.314 e. The number of hydrogen-bond donors (Lipinski definition) is 1. The van der Waals surface area contributed by atoms with E-state index in [9.17, 15) is 0 Å². The summed E-state index contributed by atoms with van der Waals surface area (Å²) >= 11 is 0. The van der Waals surface area contributed by atoms with Gasteiger partial charge in [-0.2, -0.15) is 0 Å². The average molecular weight is 259 g/mol. The Morgan fingerprint density at radius 2 is 1.89 bits per heavy atom. The third kappa shape index (κ3) is 4.99. The highest BCUT2D eigenvalue weighted by Gasteiger charge is 2.23. The molecule has 0 aliphatic heterocycles. The summed E-state index contributed by atoms with van der Waals surface area (Å²) in [4.78, 5) is 0. The van der Waals surface area contributed by atoms with Crippen molar-refractivity contribution >= 4 is 0 Å². The molecule has 0 radical (unpaired) electrons. The summed E-state index contributed by atoms with van der Waals surface area (Å²) in [6, 6.07) is 11.5. The maximum absolute atomic E-state index is 3.69. The SMILES string of the molecule is CC(CC(C)(C)c1ccccc1)NCCCC1CC1. The smallest absolute Gasteiger partial charge is 0.00470 e. The van der Waals surface area contributed by atoms with Crippen molar-refractivity contribution in [1.82, 2.24) is 5.32 Å². The van der Waals surface area contributed by atoms with E-state index in [1.807, 2.05) is 0 Å². The fraction of sp³-hybridized carbons (Fsp3) is 0.667. The monoisotopic (exact) mass is 259 g/mol. The molecule has 1 fully saturated rings. The molecule has 1 heteroatoms. The molecule has 1 saturated carbocycles. The minimum atomic E-state index is 0.254. The van der Waals surface area contributed by atoms with Crippen molar-refractivity contribution in [3.05, 3.63) is 35.9 Å². The number of rotatable bonds is 8. The van der Waals surface area contributed by atoms with Gasteiger partial charge in [-0.25, -0.2) is 0 Å². The highest BCUT2D eigenvalue weighted by atomic mass is 14.9. The van der Waals surface area contributed by atoms with Gasteiger partial charge < -0.3 is 5.32 Å². The molecule has 0 amide bonds. The van der Waals surface area contributed by atoms with E-state index < -0.39 is 0 Å². The van der Waals surface area contributed by atoms with Gasteiger partial charge in [-0.1, -0.05) is 57.0 Å². The van der Waals surface area contributed by atoms with E-state index in [0.29, 0.717) is 6.04 Å². The van der Waals surface area contributed by atoms with Crippen LogP contribution >= 0.6 is 0 Å². The normalized spacial score (nSPS) is 17.4. The van der Waals surface area contributed by atoms with Crippen molar-refractivity contribution in [2.24, 2.45) is 5.92 Å². The van der Waals surface area contributed by atoms with Gasteiger partial charge in [0, 0.05) is 6.04 Å². The highest BCUT2D eigenvalue weighted by Crippen LogP contribution is 2.33. The van der Waals surface area contributed by atoms with Gasteiger partial charge in [-0.15, -0.1) is 0 Å². The van der Waals surface area contributed by atoms with Gasteiger partial charge in [-0.3, -0.25) is 0 Å². The summed E-state index contributed by atoms with van der Waals surface area (Å²) in [5, 5.41) is 3.69. The lowest BCUT2D eigenvalue weighted by Gasteiger charge is -2.29. The van der Waals surface area contributed by atoms with Crippen molar-refractivity contribution in [2.75, 3.05) is 6.54 Å². The molecule has 0 spiro atoms. The van der Waals surface area contributed by atoms with Crippen molar-refractivity contribution in [3.8, 4) is 0 Å². The Balaban J connectivity index is 1.71. The number of benzene rings is 1. The van der Waals surface area contributed by atoms with Crippen LogP contribution in [-0.4, -0.2) is 12.6 Å². The Bertz CT molecular complexity index is 365. The first kappa shape index (κ1) is 14.6. The third-order valence-corrected chi connectivity index (χ3v) is 4.35. The molecule has 1 atom stereocenters. The zero-order chi connectivity index (χ0) is 13.7. The van der Waals surface area contributed by atoms with Crippen LogP contribution < -0.4 is 5.32 Å². The maximum atomic E-state index is 3.69. The first-order valence-corrected chi connectivity index (χ1v) is 7.87. The van der Waals surface area contributed by atoms with E-state index in [-0.39, 0.29) is 5.41 Å². The van der Waals surface area contributed by atoms with Gasteiger partial charge in [0.2, 0.25) is 0 Å². The predicted octanol–water partition coefficient (Wildman–Crippen LogP) is 4.52. The minimum absolute atomic E-state index is 0.254. The zero-order valence-electron chi connectivity index (χ0n) is 12.8. The van der Waals surface area contributed by atoms with Crippen LogP contribution in [0, 0.1) is 5.92 Å². The Morgan fingerprint density at radius 3 is 2.53 bits per heavy atom. The molecule has 1 unspecified atom stereocenters. The van der Waals surface area contributed by atoms with Gasteiger partial charge in [0.15, 0.2) is 0 Å². The fourth-order valence-electron chi connectivity index (χ4n) is 2.99. The van der Waals surface area contributed by atoms with E-state index in [4.69, 9.17) is 0 Å². The molecule has 0 heterocycles. The van der Waals surface area contributed by atoms with E-state index in [1.54, 1.807) is 0 Å². The summed E-state index contributed by atoms with van der Waals surface area (Å²) < 4.78 is 0. The topological polar surface area (TPSA) is 12.0 Å². The molecule has 106 valence electrons. The molecule has 1 aliphatic carbocycles. The van der Waals surface area contributed by atoms with E-state index in [0.717, 1.165) is 5.92 Å². The zero-order valence-corrected chi connectivity index (χ0v) is 12.8. The number of hydrogen-bond acceptors (Lipinski definition) is 1. The van der Waals surface area contributed by atoms with Crippen LogP contribution in [-0.2, 0) is 5.41 Å². The van der Waals surface area contributed by atoms with E-state index in [1.165, 1.54) is 44.2 Å². The molecule has 19 heavy (non-hydrogen) atoms. The molecule has 2 rings (SSSR count). The quantitative estimate of drug-likeness (QED) is 0.677. The van der Waals surface area contributed by atoms with Crippen LogP contribution in [0.4, 0.5) is 0 Å². The molecular weight excluding hydrogens is 230 g/mol. The molecule has 1 nitrogen and oxygen atoms in total. The summed E-state index contributed by atoms with van der Waals surface area (Å²) in [5.41, 5.74) is 1.70. The predicted molar refractivity (Wildman–Crippen MR) is 83.5 cm³/mol. The molecule has 0 saturated heterocycles. The van der Waals surface area contributed by atoms with Gasteiger partial charge in [0.1, 0.15) is 0 Å². The lowest BCUT2D eigenvalue weighted by atomic mass is 9.79. The molecular formula is C18H29N. The molecule has 0 bridgehead atoms. The first-order chi connectivity index (χ1) is 9.08. The fourth-order valence-corrected chi connectivity index (χ4v) is 2.99. The van der Waals surface area contributed by atoms with Crippen molar-refractivity contribution in [1.29, 1.82) is 0 Å². The lowest BCUT2D eigenvalue weighted by Crippen LogP contribution is -2.33. The third-order valence-electron chi connectivity index (χ3n) is 4.35. The van der Waals surface area contributed by atoms with Crippen molar-refractivity contribution < 1.29 is 0 Å². The van der Waals surface area contributed by atoms with Gasteiger partial charge >= 0.3 is 0 Å². The molecule has 1 aromatic carbocycles. The summed E-state index contributed by atoms with van der Waals surface area (Å²) in [7, 11) is 0. The van der Waals surface area contributed by atoms with Gasteiger partial charge in [0.05, 0.1) is 0 Å². The summed E-state index contributed by atoms with van der Waals surface area (Å²) in [6.07, 6.45) is 6.94. The standard InChI is InChI=1S/C18H29N/c1-15(19-13-7-8-16-11-12-16)14-18(2,3)17-9-5-4-6-10-17/h4-6,9-10,15-16,19H,7-8,11-14H2,1-3H3. The first-order valence-electron chi connectivity index (χ1n) is 7.87. The summed E-state index contributed by atoms with van der Waals surface area (Å²) in [6.45, 7) is 8.21. The number of nitrogens with one attached hydrogen (secondary N) is 1. The molecule has 1 N–H and O–H groups in total. The van der Waals surface area contributed by atoms with Crippen LogP contribution in [0.5, 0.6) is 0 Å².